The Morgan fingerprint density at radius 1 is 0.898 bits per heavy atom. The van der Waals surface area contributed by atoms with E-state index in [1.807, 2.05) is 27.7 Å². The number of nitrogens with one attached hydrogen (secondary N) is 4. The fourth-order valence-corrected chi connectivity index (χ4v) is 7.87. The predicted octanol–water partition coefficient (Wildman–Crippen LogP) is 2.45. The van der Waals surface area contributed by atoms with Crippen LogP contribution in [0.15, 0.2) is 18.6 Å². The summed E-state index contributed by atoms with van der Waals surface area (Å²) in [5, 5.41) is 11.5. The van der Waals surface area contributed by atoms with Gasteiger partial charge in [0.1, 0.15) is 23.8 Å². The van der Waals surface area contributed by atoms with Gasteiger partial charge in [-0.25, -0.2) is 4.98 Å². The molecule has 6 atom stereocenters. The number of hydrogen-bond donors (Lipinski definition) is 4. The molecule has 1 aromatic heterocycles. The molecule has 0 radical (unpaired) electrons. The van der Waals surface area contributed by atoms with Gasteiger partial charge in [0.2, 0.25) is 23.5 Å². The fourth-order valence-electron chi connectivity index (χ4n) is 7.87. The SMILES string of the molecule is CCC[C@H](NC(=O)[C@H]1C2CCC[C@H]2CN1C(=O)[C@H](NC(=O)[C@@H](NC(=O)c1cnccn1)C1CCCCC1)C(C)(C)C)C(=O)C(=O)NC1CC1. The average molecular weight is 680 g/mol. The summed E-state index contributed by atoms with van der Waals surface area (Å²) < 4.78 is 0. The molecule has 1 unspecified atom stereocenters. The van der Waals surface area contributed by atoms with Crippen molar-refractivity contribution >= 4 is 35.3 Å². The lowest BCUT2D eigenvalue weighted by Gasteiger charge is -2.38. The highest BCUT2D eigenvalue weighted by Gasteiger charge is 2.52. The molecule has 4 N–H and O–H groups in total. The third kappa shape index (κ3) is 8.83. The van der Waals surface area contributed by atoms with E-state index in [4.69, 9.17) is 0 Å². The van der Waals surface area contributed by atoms with Gasteiger partial charge in [-0.3, -0.25) is 33.8 Å². The van der Waals surface area contributed by atoms with Crippen molar-refractivity contribution in [3.63, 3.8) is 0 Å². The molecule has 268 valence electrons. The number of carbonyl (C=O) groups is 6. The van der Waals surface area contributed by atoms with Crippen LogP contribution in [0, 0.1) is 23.2 Å². The summed E-state index contributed by atoms with van der Waals surface area (Å²) in [6, 6.07) is -3.68. The molecule has 4 fully saturated rings. The van der Waals surface area contributed by atoms with E-state index >= 15 is 0 Å². The standard InChI is InChI=1S/C36H53N7O6/c1-5-10-25(29(44)34(48)39-23-15-16-23)40-33(47)28-24-14-9-13-22(24)20-43(28)35(49)30(36(2,3)4)42-32(46)27(21-11-7-6-8-12-21)41-31(45)26-19-37-17-18-38-26/h17-19,21-25,27-28,30H,5-16,20H2,1-4H3,(H,39,48)(H,40,47)(H,41,45)(H,42,46)/t22-,24?,25-,27-,28+,30-/m0/s1. The zero-order valence-electron chi connectivity index (χ0n) is 29.3. The summed E-state index contributed by atoms with van der Waals surface area (Å²) in [6.45, 7) is 7.85. The number of rotatable bonds is 13. The van der Waals surface area contributed by atoms with Crippen molar-refractivity contribution in [2.45, 2.75) is 135 Å². The number of carbonyl (C=O) groups excluding carboxylic acids is 6. The Morgan fingerprint density at radius 2 is 1.63 bits per heavy atom. The molecule has 3 saturated carbocycles. The summed E-state index contributed by atoms with van der Waals surface area (Å²) in [6.07, 6.45) is 13.9. The smallest absolute Gasteiger partial charge is 0.289 e. The van der Waals surface area contributed by atoms with Gasteiger partial charge in [-0.2, -0.15) is 0 Å². The number of hydrogen-bond acceptors (Lipinski definition) is 8. The van der Waals surface area contributed by atoms with Gasteiger partial charge in [-0.1, -0.05) is 59.8 Å². The third-order valence-corrected chi connectivity index (χ3v) is 10.7. The highest BCUT2D eigenvalue weighted by atomic mass is 16.2. The van der Waals surface area contributed by atoms with E-state index in [2.05, 4.69) is 31.2 Å². The van der Waals surface area contributed by atoms with Crippen LogP contribution in [0.5, 0.6) is 0 Å². The molecule has 13 nitrogen and oxygen atoms in total. The molecule has 0 aromatic carbocycles. The second kappa shape index (κ2) is 15.8. The van der Waals surface area contributed by atoms with Gasteiger partial charge in [0.15, 0.2) is 0 Å². The second-order valence-corrected chi connectivity index (χ2v) is 15.5. The molecule has 13 heteroatoms. The molecule has 0 spiro atoms. The van der Waals surface area contributed by atoms with Gasteiger partial charge in [-0.05, 0) is 68.1 Å². The Labute approximate surface area is 288 Å². The average Bonchev–Trinajstić information content (AvgIpc) is 3.65. The Kier molecular flexibility index (Phi) is 11.7. The molecule has 5 rings (SSSR count). The monoisotopic (exact) mass is 679 g/mol. The lowest BCUT2D eigenvalue weighted by atomic mass is 9.82. The van der Waals surface area contributed by atoms with Crippen molar-refractivity contribution in [3.05, 3.63) is 24.3 Å². The Hall–Kier alpha value is -3.90. The van der Waals surface area contributed by atoms with Crippen LogP contribution in [0.25, 0.3) is 0 Å². The van der Waals surface area contributed by atoms with Crippen molar-refractivity contribution in [1.29, 1.82) is 0 Å². The first-order valence-corrected chi connectivity index (χ1v) is 18.2. The number of fused-ring (bicyclic) bond motifs is 1. The molecular formula is C36H53N7O6. The Bertz CT molecular complexity index is 1390. The quantitative estimate of drug-likeness (QED) is 0.230. The number of nitrogens with zero attached hydrogens (tertiary/aromatic N) is 3. The van der Waals surface area contributed by atoms with E-state index < -0.39 is 59.0 Å². The van der Waals surface area contributed by atoms with Gasteiger partial charge in [0.25, 0.3) is 11.8 Å². The maximum Gasteiger partial charge on any atom is 0.289 e. The second-order valence-electron chi connectivity index (χ2n) is 15.5. The van der Waals surface area contributed by atoms with Gasteiger partial charge in [-0.15, -0.1) is 0 Å². The zero-order chi connectivity index (χ0) is 35.3. The van der Waals surface area contributed by atoms with Crippen molar-refractivity contribution < 1.29 is 28.8 Å². The molecule has 0 bridgehead atoms. The number of amides is 5. The maximum atomic E-state index is 14.6. The molecule has 1 aliphatic heterocycles. The molecule has 3 aliphatic carbocycles. The molecule has 49 heavy (non-hydrogen) atoms. The number of likely N-dealkylation sites (tertiary alicyclic amines) is 1. The molecular weight excluding hydrogens is 626 g/mol. The van der Waals surface area contributed by atoms with E-state index in [9.17, 15) is 28.8 Å². The molecule has 4 aliphatic rings. The van der Waals surface area contributed by atoms with Crippen LogP contribution >= 0.6 is 0 Å². The lowest BCUT2D eigenvalue weighted by Crippen LogP contribution is -2.62. The lowest BCUT2D eigenvalue weighted by molar-refractivity contribution is -0.146. The van der Waals surface area contributed by atoms with Crippen molar-refractivity contribution in [2.75, 3.05) is 6.54 Å². The topological polar surface area (TPSA) is 180 Å². The van der Waals surface area contributed by atoms with E-state index in [1.165, 1.54) is 18.6 Å². The Morgan fingerprint density at radius 3 is 2.27 bits per heavy atom. The van der Waals surface area contributed by atoms with Crippen LogP contribution in [0.3, 0.4) is 0 Å². The van der Waals surface area contributed by atoms with E-state index in [-0.39, 0.29) is 35.4 Å². The highest BCUT2D eigenvalue weighted by Crippen LogP contribution is 2.43. The summed E-state index contributed by atoms with van der Waals surface area (Å²) >= 11 is 0. The minimum Gasteiger partial charge on any atom is -0.347 e. The summed E-state index contributed by atoms with van der Waals surface area (Å²) in [7, 11) is 0. The zero-order valence-corrected chi connectivity index (χ0v) is 29.3. The fraction of sp³-hybridized carbons (Fsp3) is 0.722. The Balaban J connectivity index is 1.36. The summed E-state index contributed by atoms with van der Waals surface area (Å²) in [4.78, 5) is 91.4. The highest BCUT2D eigenvalue weighted by molar-refractivity contribution is 6.38. The summed E-state index contributed by atoms with van der Waals surface area (Å²) in [5.41, 5.74) is -0.638. The van der Waals surface area contributed by atoms with Crippen LogP contribution in [0.2, 0.25) is 0 Å². The number of Topliss-reactive ketones (excluding diaryl/α,β-unsaturated/α-hetero) is 1. The molecule has 1 saturated heterocycles. The summed E-state index contributed by atoms with van der Waals surface area (Å²) in [5.74, 6) is -3.20. The molecule has 2 heterocycles. The normalized spacial score (nSPS) is 24.2. The van der Waals surface area contributed by atoms with E-state index in [0.29, 0.717) is 19.4 Å². The first-order valence-electron chi connectivity index (χ1n) is 18.2. The van der Waals surface area contributed by atoms with Crippen LogP contribution in [-0.2, 0) is 24.0 Å². The van der Waals surface area contributed by atoms with Gasteiger partial charge in [0, 0.05) is 25.0 Å². The number of aromatic nitrogens is 2. The van der Waals surface area contributed by atoms with Crippen LogP contribution in [0.1, 0.15) is 115 Å². The largest absolute Gasteiger partial charge is 0.347 e. The van der Waals surface area contributed by atoms with Crippen molar-refractivity contribution in [3.8, 4) is 0 Å². The van der Waals surface area contributed by atoms with Crippen molar-refractivity contribution in [1.82, 2.24) is 36.1 Å². The van der Waals surface area contributed by atoms with Gasteiger partial charge in [0.05, 0.1) is 12.2 Å². The first kappa shape index (κ1) is 36.4. The van der Waals surface area contributed by atoms with Crippen LogP contribution in [-0.4, -0.2) is 86.9 Å². The predicted molar refractivity (Wildman–Crippen MR) is 181 cm³/mol. The van der Waals surface area contributed by atoms with Gasteiger partial charge < -0.3 is 26.2 Å². The molecule has 1 aromatic rings. The van der Waals surface area contributed by atoms with Crippen molar-refractivity contribution in [2.24, 2.45) is 23.2 Å². The van der Waals surface area contributed by atoms with E-state index in [1.54, 1.807) is 4.90 Å². The van der Waals surface area contributed by atoms with Crippen LogP contribution < -0.4 is 21.3 Å². The number of ketones is 1. The first-order chi connectivity index (χ1) is 23.4. The maximum absolute atomic E-state index is 14.6. The minimum absolute atomic E-state index is 0.0132. The van der Waals surface area contributed by atoms with Gasteiger partial charge >= 0.3 is 0 Å². The third-order valence-electron chi connectivity index (χ3n) is 10.7. The van der Waals surface area contributed by atoms with Crippen LogP contribution in [0.4, 0.5) is 0 Å². The minimum atomic E-state index is -0.994. The van der Waals surface area contributed by atoms with E-state index in [0.717, 1.165) is 64.2 Å². The molecule has 5 amide bonds.